The molecule has 0 amide bonds. The number of nitrogens with one attached hydrogen (secondary N) is 1. The Morgan fingerprint density at radius 2 is 1.76 bits per heavy atom. The van der Waals surface area contributed by atoms with E-state index in [4.69, 9.17) is 0 Å². The first-order valence-corrected chi connectivity index (χ1v) is 9.11. The van der Waals surface area contributed by atoms with Gasteiger partial charge in [-0.05, 0) is 46.9 Å². The maximum atomic E-state index is 12.4. The van der Waals surface area contributed by atoms with Crippen LogP contribution in [-0.2, 0) is 22.9 Å². The molecule has 0 atom stereocenters. The predicted octanol–water partition coefficient (Wildman–Crippen LogP) is 3.80. The van der Waals surface area contributed by atoms with E-state index in [2.05, 4.69) is 10.8 Å². The molecule has 1 heterocycles. The van der Waals surface area contributed by atoms with Crippen molar-refractivity contribution in [2.75, 3.05) is 4.72 Å². The van der Waals surface area contributed by atoms with Crippen molar-refractivity contribution in [2.24, 2.45) is 0 Å². The van der Waals surface area contributed by atoms with Crippen LogP contribution in [-0.4, -0.2) is 8.42 Å². The molecule has 3 nitrogen and oxygen atoms in total. The lowest BCUT2D eigenvalue weighted by Crippen LogP contribution is -2.11. The second kappa shape index (κ2) is 4.58. The number of aryl methyl sites for hydroxylation is 2. The summed E-state index contributed by atoms with van der Waals surface area (Å²) in [6.45, 7) is 0. The monoisotopic (exact) mass is 315 g/mol. The zero-order valence-electron chi connectivity index (χ0n) is 11.2. The Kier molecular flexibility index (Phi) is 2.80. The van der Waals surface area contributed by atoms with Crippen molar-refractivity contribution < 1.29 is 8.42 Å². The summed E-state index contributed by atoms with van der Waals surface area (Å²) in [7, 11) is -3.50. The van der Waals surface area contributed by atoms with Crippen molar-refractivity contribution >= 4 is 37.8 Å². The van der Waals surface area contributed by atoms with Gasteiger partial charge in [-0.2, -0.15) is 0 Å². The standard InChI is InChI=1S/C16H13NO2S2/c18-21(19,15-5-2-10-20-15)17-14-9-8-12-7-6-11-3-1-4-13(14)16(11)12/h1-5,8-10,17H,6-7H2. The minimum atomic E-state index is -3.50. The van der Waals surface area contributed by atoms with Gasteiger partial charge in [-0.3, -0.25) is 4.72 Å². The Labute approximate surface area is 127 Å². The van der Waals surface area contributed by atoms with Crippen LogP contribution < -0.4 is 4.72 Å². The Hall–Kier alpha value is -1.85. The molecule has 4 rings (SSSR count). The number of hydrogen-bond acceptors (Lipinski definition) is 3. The van der Waals surface area contributed by atoms with E-state index >= 15 is 0 Å². The molecule has 0 spiro atoms. The molecule has 0 bridgehead atoms. The molecule has 21 heavy (non-hydrogen) atoms. The number of anilines is 1. The number of rotatable bonds is 3. The summed E-state index contributed by atoms with van der Waals surface area (Å²) in [5, 5.41) is 3.97. The van der Waals surface area contributed by atoms with Gasteiger partial charge in [0.2, 0.25) is 0 Å². The van der Waals surface area contributed by atoms with Gasteiger partial charge in [0.15, 0.2) is 0 Å². The smallest absolute Gasteiger partial charge is 0.271 e. The van der Waals surface area contributed by atoms with Crippen molar-refractivity contribution in [3.63, 3.8) is 0 Å². The molecule has 5 heteroatoms. The number of benzene rings is 2. The molecule has 0 unspecified atom stereocenters. The Bertz CT molecular complexity index is 918. The van der Waals surface area contributed by atoms with Crippen LogP contribution in [0.2, 0.25) is 0 Å². The fourth-order valence-corrected chi connectivity index (χ4v) is 5.02. The normalized spacial score (nSPS) is 13.7. The maximum absolute atomic E-state index is 12.4. The molecule has 0 aliphatic heterocycles. The molecule has 1 aliphatic carbocycles. The van der Waals surface area contributed by atoms with Crippen molar-refractivity contribution in [2.45, 2.75) is 17.1 Å². The van der Waals surface area contributed by atoms with Crippen LogP contribution >= 0.6 is 11.3 Å². The summed E-state index contributed by atoms with van der Waals surface area (Å²) in [6.07, 6.45) is 2.07. The molecule has 1 N–H and O–H groups in total. The van der Waals surface area contributed by atoms with Gasteiger partial charge in [0.1, 0.15) is 4.21 Å². The first-order chi connectivity index (χ1) is 10.1. The first kappa shape index (κ1) is 12.9. The fraction of sp³-hybridized carbons (Fsp3) is 0.125. The molecule has 0 saturated carbocycles. The molecular weight excluding hydrogens is 302 g/mol. The van der Waals surface area contributed by atoms with Gasteiger partial charge < -0.3 is 0 Å². The van der Waals surface area contributed by atoms with Gasteiger partial charge in [-0.1, -0.05) is 30.3 Å². The third kappa shape index (κ3) is 2.04. The van der Waals surface area contributed by atoms with Gasteiger partial charge in [0, 0.05) is 5.39 Å². The highest BCUT2D eigenvalue weighted by Crippen LogP contribution is 2.35. The quantitative estimate of drug-likeness (QED) is 0.799. The zero-order chi connectivity index (χ0) is 14.4. The summed E-state index contributed by atoms with van der Waals surface area (Å²) in [5.41, 5.74) is 3.27. The van der Waals surface area contributed by atoms with E-state index in [1.54, 1.807) is 17.5 Å². The van der Waals surface area contributed by atoms with Crippen LogP contribution in [0.4, 0.5) is 5.69 Å². The van der Waals surface area contributed by atoms with Gasteiger partial charge in [0.25, 0.3) is 10.0 Å². The number of thiophene rings is 1. The van der Waals surface area contributed by atoms with Gasteiger partial charge in [-0.25, -0.2) is 8.42 Å². The van der Waals surface area contributed by atoms with Crippen molar-refractivity contribution in [3.05, 3.63) is 59.0 Å². The van der Waals surface area contributed by atoms with Crippen LogP contribution in [0.15, 0.2) is 52.1 Å². The second-order valence-electron chi connectivity index (χ2n) is 5.15. The van der Waals surface area contributed by atoms with Crippen LogP contribution in [0.3, 0.4) is 0 Å². The third-order valence-corrected chi connectivity index (χ3v) is 6.64. The molecule has 0 saturated heterocycles. The van der Waals surface area contributed by atoms with Gasteiger partial charge in [-0.15, -0.1) is 11.3 Å². The largest absolute Gasteiger partial charge is 0.278 e. The van der Waals surface area contributed by atoms with E-state index in [1.807, 2.05) is 24.3 Å². The lowest BCUT2D eigenvalue weighted by molar-refractivity contribution is 0.603. The summed E-state index contributed by atoms with van der Waals surface area (Å²) >= 11 is 1.22. The first-order valence-electron chi connectivity index (χ1n) is 6.75. The SMILES string of the molecule is O=S(=O)(Nc1ccc2c3c(cccc13)CC2)c1cccs1. The molecule has 1 aliphatic rings. The second-order valence-corrected chi connectivity index (χ2v) is 8.01. The summed E-state index contributed by atoms with van der Waals surface area (Å²) in [6, 6.07) is 13.4. The van der Waals surface area contributed by atoms with Crippen LogP contribution in [0.25, 0.3) is 10.8 Å². The Balaban J connectivity index is 1.86. The van der Waals surface area contributed by atoms with Crippen LogP contribution in [0, 0.1) is 0 Å². The third-order valence-electron chi connectivity index (χ3n) is 3.88. The van der Waals surface area contributed by atoms with E-state index in [0.717, 1.165) is 18.2 Å². The predicted molar refractivity (Wildman–Crippen MR) is 86.5 cm³/mol. The zero-order valence-corrected chi connectivity index (χ0v) is 12.8. The van der Waals surface area contributed by atoms with E-state index in [1.165, 1.54) is 27.8 Å². The van der Waals surface area contributed by atoms with Crippen LogP contribution in [0.1, 0.15) is 11.1 Å². The molecule has 2 aromatic carbocycles. The lowest BCUT2D eigenvalue weighted by Gasteiger charge is -2.11. The Morgan fingerprint density at radius 1 is 0.952 bits per heavy atom. The minimum Gasteiger partial charge on any atom is -0.278 e. The van der Waals surface area contributed by atoms with Crippen molar-refractivity contribution in [1.29, 1.82) is 0 Å². The number of hydrogen-bond donors (Lipinski definition) is 1. The fourth-order valence-electron chi connectivity index (χ4n) is 2.95. The van der Waals surface area contributed by atoms with E-state index in [0.29, 0.717) is 9.90 Å². The summed E-state index contributed by atoms with van der Waals surface area (Å²) in [4.78, 5) is 0. The molecular formula is C16H13NO2S2. The highest BCUT2D eigenvalue weighted by Gasteiger charge is 2.20. The van der Waals surface area contributed by atoms with Gasteiger partial charge >= 0.3 is 0 Å². The highest BCUT2D eigenvalue weighted by atomic mass is 32.2. The molecule has 106 valence electrons. The molecule has 0 fully saturated rings. The number of sulfonamides is 1. The van der Waals surface area contributed by atoms with E-state index < -0.39 is 10.0 Å². The average molecular weight is 315 g/mol. The van der Waals surface area contributed by atoms with Gasteiger partial charge in [0.05, 0.1) is 5.69 Å². The average Bonchev–Trinajstić information content (AvgIpc) is 3.13. The van der Waals surface area contributed by atoms with Crippen molar-refractivity contribution in [1.82, 2.24) is 0 Å². The topological polar surface area (TPSA) is 46.2 Å². The lowest BCUT2D eigenvalue weighted by atomic mass is 10.0. The minimum absolute atomic E-state index is 0.339. The van der Waals surface area contributed by atoms with E-state index in [9.17, 15) is 8.42 Å². The van der Waals surface area contributed by atoms with Crippen LogP contribution in [0.5, 0.6) is 0 Å². The maximum Gasteiger partial charge on any atom is 0.271 e. The molecule has 1 aromatic heterocycles. The molecule has 3 aromatic rings. The highest BCUT2D eigenvalue weighted by molar-refractivity contribution is 7.94. The van der Waals surface area contributed by atoms with Crippen molar-refractivity contribution in [3.8, 4) is 0 Å². The Morgan fingerprint density at radius 3 is 2.52 bits per heavy atom. The van der Waals surface area contributed by atoms with E-state index in [-0.39, 0.29) is 0 Å². The summed E-state index contributed by atoms with van der Waals surface area (Å²) < 4.78 is 27.8. The molecule has 0 radical (unpaired) electrons. The summed E-state index contributed by atoms with van der Waals surface area (Å²) in [5.74, 6) is 0.